The van der Waals surface area contributed by atoms with Crippen molar-refractivity contribution >= 4 is 11.8 Å². The molecule has 0 amide bonds. The van der Waals surface area contributed by atoms with E-state index < -0.39 is 0 Å². The first-order valence-corrected chi connectivity index (χ1v) is 8.00. The van der Waals surface area contributed by atoms with Crippen LogP contribution in [-0.4, -0.2) is 43.2 Å². The van der Waals surface area contributed by atoms with Crippen LogP contribution in [0.2, 0.25) is 0 Å². The Morgan fingerprint density at radius 2 is 2.04 bits per heavy atom. The first-order valence-electron chi connectivity index (χ1n) is 8.00. The monoisotopic (exact) mass is 357 g/mol. The second-order valence-electron chi connectivity index (χ2n) is 5.45. The molecule has 4 N–H and O–H groups in total. The van der Waals surface area contributed by atoms with Gasteiger partial charge in [-0.05, 0) is 12.1 Å². The predicted octanol–water partition coefficient (Wildman–Crippen LogP) is 1.33. The van der Waals surface area contributed by atoms with Crippen LogP contribution in [-0.2, 0) is 9.47 Å². The van der Waals surface area contributed by atoms with Crippen LogP contribution < -0.4 is 20.9 Å². The molecule has 9 heteroatoms. The molecule has 9 nitrogen and oxygen atoms in total. The van der Waals surface area contributed by atoms with Crippen molar-refractivity contribution in [3.8, 4) is 28.8 Å². The average Bonchev–Trinajstić information content (AvgIpc) is 3.14. The quantitative estimate of drug-likeness (QED) is 0.783. The zero-order valence-electron chi connectivity index (χ0n) is 14.3. The molecule has 0 unspecified atom stereocenters. The Kier molecular flexibility index (Phi) is 5.36. The van der Waals surface area contributed by atoms with E-state index in [4.69, 9.17) is 30.4 Å². The number of benzene rings is 1. The molecule has 1 aromatic carbocycles. The smallest absolute Gasteiger partial charge is 0.222 e. The Bertz CT molecular complexity index is 831. The van der Waals surface area contributed by atoms with E-state index in [9.17, 15) is 5.26 Å². The SMILES string of the molecule is COc1cccc(-c2nc(N)nc(N)c2C#N)c1OCCC1OCCO1. The summed E-state index contributed by atoms with van der Waals surface area (Å²) in [5, 5.41) is 9.43. The molecule has 1 aromatic heterocycles. The van der Waals surface area contributed by atoms with Gasteiger partial charge in [0, 0.05) is 12.0 Å². The predicted molar refractivity (Wildman–Crippen MR) is 93.4 cm³/mol. The maximum Gasteiger partial charge on any atom is 0.222 e. The second-order valence-corrected chi connectivity index (χ2v) is 5.45. The van der Waals surface area contributed by atoms with Crippen molar-refractivity contribution < 1.29 is 18.9 Å². The van der Waals surface area contributed by atoms with E-state index in [0.717, 1.165) is 0 Å². The Morgan fingerprint density at radius 1 is 1.27 bits per heavy atom. The van der Waals surface area contributed by atoms with Gasteiger partial charge in [-0.2, -0.15) is 10.2 Å². The topological polar surface area (TPSA) is 139 Å². The fourth-order valence-electron chi connectivity index (χ4n) is 2.64. The van der Waals surface area contributed by atoms with E-state index in [1.54, 1.807) is 18.2 Å². The number of ether oxygens (including phenoxy) is 4. The van der Waals surface area contributed by atoms with E-state index >= 15 is 0 Å². The normalized spacial score (nSPS) is 14.2. The van der Waals surface area contributed by atoms with Gasteiger partial charge in [0.1, 0.15) is 17.5 Å². The van der Waals surface area contributed by atoms with Crippen molar-refractivity contribution in [1.29, 1.82) is 5.26 Å². The summed E-state index contributed by atoms with van der Waals surface area (Å²) in [5.41, 5.74) is 12.5. The second kappa shape index (κ2) is 7.86. The molecule has 0 bridgehead atoms. The van der Waals surface area contributed by atoms with Gasteiger partial charge < -0.3 is 30.4 Å². The van der Waals surface area contributed by atoms with E-state index in [-0.39, 0.29) is 23.6 Å². The highest BCUT2D eigenvalue weighted by molar-refractivity contribution is 5.79. The number of hydrogen-bond acceptors (Lipinski definition) is 9. The third-order valence-corrected chi connectivity index (χ3v) is 3.81. The van der Waals surface area contributed by atoms with Gasteiger partial charge in [-0.3, -0.25) is 0 Å². The Morgan fingerprint density at radius 3 is 2.73 bits per heavy atom. The highest BCUT2D eigenvalue weighted by Gasteiger charge is 2.21. The summed E-state index contributed by atoms with van der Waals surface area (Å²) in [4.78, 5) is 8.01. The number of rotatable bonds is 6. The van der Waals surface area contributed by atoms with Crippen LogP contribution in [0.5, 0.6) is 11.5 Å². The van der Waals surface area contributed by atoms with Gasteiger partial charge in [0.2, 0.25) is 5.95 Å². The van der Waals surface area contributed by atoms with Gasteiger partial charge in [-0.1, -0.05) is 6.07 Å². The first kappa shape index (κ1) is 17.7. The Balaban J connectivity index is 1.96. The molecule has 1 aliphatic rings. The highest BCUT2D eigenvalue weighted by atomic mass is 16.7. The lowest BCUT2D eigenvalue weighted by molar-refractivity contribution is -0.0532. The molecule has 1 aliphatic heterocycles. The molecule has 0 spiro atoms. The van der Waals surface area contributed by atoms with E-state index in [0.29, 0.717) is 49.0 Å². The van der Waals surface area contributed by atoms with Crippen LogP contribution in [0.3, 0.4) is 0 Å². The number of nitrogens with two attached hydrogens (primary N) is 2. The van der Waals surface area contributed by atoms with Gasteiger partial charge in [-0.15, -0.1) is 0 Å². The number of nitrogens with zero attached hydrogens (tertiary/aromatic N) is 3. The number of methoxy groups -OCH3 is 1. The summed E-state index contributed by atoms with van der Waals surface area (Å²) >= 11 is 0. The van der Waals surface area contributed by atoms with Crippen LogP contribution in [0.25, 0.3) is 11.3 Å². The van der Waals surface area contributed by atoms with Crippen LogP contribution in [0.15, 0.2) is 18.2 Å². The summed E-state index contributed by atoms with van der Waals surface area (Å²) in [5.74, 6) is 0.909. The van der Waals surface area contributed by atoms with E-state index in [2.05, 4.69) is 9.97 Å². The fourth-order valence-corrected chi connectivity index (χ4v) is 2.64. The van der Waals surface area contributed by atoms with Gasteiger partial charge in [0.25, 0.3) is 0 Å². The summed E-state index contributed by atoms with van der Waals surface area (Å²) in [6.45, 7) is 1.49. The molecule has 0 atom stereocenters. The zero-order chi connectivity index (χ0) is 18.5. The molecule has 2 heterocycles. The largest absolute Gasteiger partial charge is 0.493 e. The number of aromatic nitrogens is 2. The summed E-state index contributed by atoms with van der Waals surface area (Å²) in [7, 11) is 1.53. The number of nitrogen functional groups attached to an aromatic ring is 2. The Hall–Kier alpha value is -3.09. The maximum absolute atomic E-state index is 9.43. The van der Waals surface area contributed by atoms with Crippen molar-refractivity contribution in [2.75, 3.05) is 38.4 Å². The molecule has 0 radical (unpaired) electrons. The lowest BCUT2D eigenvalue weighted by Crippen LogP contribution is -2.13. The van der Waals surface area contributed by atoms with Crippen LogP contribution in [0.1, 0.15) is 12.0 Å². The van der Waals surface area contributed by atoms with Crippen molar-refractivity contribution in [3.63, 3.8) is 0 Å². The Labute approximate surface area is 150 Å². The van der Waals surface area contributed by atoms with Gasteiger partial charge in [0.15, 0.2) is 17.8 Å². The molecular formula is C17H19N5O4. The van der Waals surface area contributed by atoms with Gasteiger partial charge >= 0.3 is 0 Å². The maximum atomic E-state index is 9.43. The zero-order valence-corrected chi connectivity index (χ0v) is 14.3. The lowest BCUT2D eigenvalue weighted by Gasteiger charge is -2.17. The molecule has 1 saturated heterocycles. The summed E-state index contributed by atoms with van der Waals surface area (Å²) < 4.78 is 22.1. The highest BCUT2D eigenvalue weighted by Crippen LogP contribution is 2.39. The lowest BCUT2D eigenvalue weighted by atomic mass is 10.1. The molecule has 1 fully saturated rings. The fraction of sp³-hybridized carbons (Fsp3) is 0.353. The minimum atomic E-state index is -0.284. The number of nitriles is 1. The average molecular weight is 357 g/mol. The first-order chi connectivity index (χ1) is 12.6. The molecule has 3 rings (SSSR count). The van der Waals surface area contributed by atoms with Crippen LogP contribution in [0, 0.1) is 11.3 Å². The molecule has 136 valence electrons. The number of hydrogen-bond donors (Lipinski definition) is 2. The van der Waals surface area contributed by atoms with Crippen LogP contribution in [0.4, 0.5) is 11.8 Å². The molecule has 0 saturated carbocycles. The van der Waals surface area contributed by atoms with Gasteiger partial charge in [-0.25, -0.2) is 4.98 Å². The van der Waals surface area contributed by atoms with Crippen LogP contribution >= 0.6 is 0 Å². The summed E-state index contributed by atoms with van der Waals surface area (Å²) in [6.07, 6.45) is 0.268. The minimum absolute atomic E-state index is 0.0107. The van der Waals surface area contributed by atoms with E-state index in [1.807, 2.05) is 6.07 Å². The van der Waals surface area contributed by atoms with Crippen molar-refractivity contribution in [1.82, 2.24) is 9.97 Å². The number of anilines is 2. The molecule has 26 heavy (non-hydrogen) atoms. The summed E-state index contributed by atoms with van der Waals surface area (Å²) in [6, 6.07) is 7.28. The third-order valence-electron chi connectivity index (χ3n) is 3.81. The number of para-hydroxylation sites is 1. The van der Waals surface area contributed by atoms with E-state index in [1.165, 1.54) is 7.11 Å². The van der Waals surface area contributed by atoms with Gasteiger partial charge in [0.05, 0.1) is 32.6 Å². The standard InChI is InChI=1S/C17H19N5O4/c1-23-12-4-2-3-10(14-11(9-18)16(19)22-17(20)21-14)15(12)26-6-5-13-24-7-8-25-13/h2-4,13H,5-8H2,1H3,(H4,19,20,21,22). The molecule has 0 aliphatic carbocycles. The third kappa shape index (κ3) is 3.61. The molecular weight excluding hydrogens is 338 g/mol. The van der Waals surface area contributed by atoms with Crippen molar-refractivity contribution in [2.24, 2.45) is 0 Å². The minimum Gasteiger partial charge on any atom is -0.493 e. The van der Waals surface area contributed by atoms with Crippen molar-refractivity contribution in [3.05, 3.63) is 23.8 Å². The molecule has 2 aromatic rings. The van der Waals surface area contributed by atoms with Crippen molar-refractivity contribution in [2.45, 2.75) is 12.7 Å².